The molecule has 128 valence electrons. The van der Waals surface area contributed by atoms with E-state index in [4.69, 9.17) is 0 Å². The third-order valence-corrected chi connectivity index (χ3v) is 4.74. The molecule has 1 amide bonds. The van der Waals surface area contributed by atoms with E-state index in [9.17, 15) is 4.79 Å². The molecule has 0 unspecified atom stereocenters. The van der Waals surface area contributed by atoms with Gasteiger partial charge >= 0.3 is 0 Å². The van der Waals surface area contributed by atoms with Crippen LogP contribution < -0.4 is 5.32 Å². The van der Waals surface area contributed by atoms with Gasteiger partial charge in [-0.25, -0.2) is 9.67 Å². The topological polar surface area (TPSA) is 59.8 Å². The number of hydrogen-bond acceptors (Lipinski definition) is 4. The maximum absolute atomic E-state index is 12.9. The second kappa shape index (κ2) is 6.93. The van der Waals surface area contributed by atoms with Crippen LogP contribution in [0.3, 0.4) is 0 Å². The molecule has 0 saturated carbocycles. The molecule has 0 fully saturated rings. The summed E-state index contributed by atoms with van der Waals surface area (Å²) in [6, 6.07) is 19.2. The number of benzene rings is 1. The normalized spacial score (nSPS) is 10.7. The average molecular weight is 360 g/mol. The minimum Gasteiger partial charge on any atom is -0.306 e. The summed E-state index contributed by atoms with van der Waals surface area (Å²) in [5, 5.41) is 9.49. The molecule has 4 rings (SSSR count). The molecule has 1 N–H and O–H groups in total. The predicted molar refractivity (Wildman–Crippen MR) is 104 cm³/mol. The molecular formula is C20H16N4OS. The molecule has 3 heterocycles. The van der Waals surface area contributed by atoms with Crippen LogP contribution in [0.5, 0.6) is 0 Å². The van der Waals surface area contributed by atoms with Gasteiger partial charge in [-0.05, 0) is 42.6 Å². The van der Waals surface area contributed by atoms with E-state index in [1.54, 1.807) is 28.3 Å². The Morgan fingerprint density at radius 3 is 2.62 bits per heavy atom. The Kier molecular flexibility index (Phi) is 4.33. The molecule has 0 aliphatic rings. The first kappa shape index (κ1) is 16.2. The van der Waals surface area contributed by atoms with Crippen molar-refractivity contribution in [2.45, 2.75) is 6.92 Å². The van der Waals surface area contributed by atoms with Crippen molar-refractivity contribution in [3.8, 4) is 16.3 Å². The number of nitrogens with zero attached hydrogens (tertiary/aromatic N) is 3. The summed E-state index contributed by atoms with van der Waals surface area (Å²) < 4.78 is 1.73. The van der Waals surface area contributed by atoms with Gasteiger partial charge in [-0.3, -0.25) is 4.79 Å². The fraction of sp³-hybridized carbons (Fsp3) is 0.0500. The molecule has 0 atom stereocenters. The fourth-order valence-electron chi connectivity index (χ4n) is 2.64. The van der Waals surface area contributed by atoms with Gasteiger partial charge in [0.25, 0.3) is 5.91 Å². The van der Waals surface area contributed by atoms with Gasteiger partial charge < -0.3 is 5.32 Å². The highest BCUT2D eigenvalue weighted by Crippen LogP contribution is 2.28. The summed E-state index contributed by atoms with van der Waals surface area (Å²) >= 11 is 1.55. The number of carbonyl (C=O) groups excluding carboxylic acids is 1. The minimum atomic E-state index is -0.228. The molecule has 0 aliphatic carbocycles. The second-order valence-corrected chi connectivity index (χ2v) is 6.71. The van der Waals surface area contributed by atoms with Crippen molar-refractivity contribution in [3.63, 3.8) is 0 Å². The number of anilines is 1. The number of carbonyl (C=O) groups is 1. The van der Waals surface area contributed by atoms with Crippen LogP contribution in [0.15, 0.2) is 72.2 Å². The van der Waals surface area contributed by atoms with E-state index in [-0.39, 0.29) is 5.91 Å². The molecule has 4 aromatic rings. The van der Waals surface area contributed by atoms with Crippen LogP contribution in [0.2, 0.25) is 0 Å². The zero-order chi connectivity index (χ0) is 17.9. The van der Waals surface area contributed by atoms with Crippen LogP contribution in [0.25, 0.3) is 16.3 Å². The summed E-state index contributed by atoms with van der Waals surface area (Å²) in [6.07, 6.45) is 1.76. The molecule has 0 aliphatic heterocycles. The van der Waals surface area contributed by atoms with Crippen LogP contribution in [0.4, 0.5) is 5.82 Å². The van der Waals surface area contributed by atoms with Crippen molar-refractivity contribution in [2.75, 3.05) is 5.32 Å². The lowest BCUT2D eigenvalue weighted by Gasteiger charge is -2.04. The third-order valence-electron chi connectivity index (χ3n) is 3.86. The molecule has 0 radical (unpaired) electrons. The summed E-state index contributed by atoms with van der Waals surface area (Å²) in [7, 11) is 0. The molecule has 6 heteroatoms. The average Bonchev–Trinajstić information content (AvgIpc) is 3.32. The van der Waals surface area contributed by atoms with E-state index >= 15 is 0 Å². The van der Waals surface area contributed by atoms with Crippen molar-refractivity contribution < 1.29 is 4.79 Å². The number of aryl methyl sites for hydroxylation is 1. The molecular weight excluding hydrogens is 344 g/mol. The van der Waals surface area contributed by atoms with Gasteiger partial charge in [-0.1, -0.05) is 30.3 Å². The Bertz CT molecular complexity index is 1040. The SMILES string of the molecule is Cc1cccc(NC(=O)c2cn(-c3ccccc3)nc2-c2cccs2)n1. The van der Waals surface area contributed by atoms with Crippen LogP contribution >= 0.6 is 11.3 Å². The van der Waals surface area contributed by atoms with Gasteiger partial charge in [0, 0.05) is 11.9 Å². The minimum absolute atomic E-state index is 0.228. The van der Waals surface area contributed by atoms with Crippen molar-refractivity contribution in [1.29, 1.82) is 0 Å². The summed E-state index contributed by atoms with van der Waals surface area (Å²) in [5.74, 6) is 0.299. The summed E-state index contributed by atoms with van der Waals surface area (Å²) in [5.41, 5.74) is 2.92. The molecule has 26 heavy (non-hydrogen) atoms. The highest BCUT2D eigenvalue weighted by atomic mass is 32.1. The quantitative estimate of drug-likeness (QED) is 0.580. The standard InChI is InChI=1S/C20H16N4OS/c1-14-7-5-11-18(21-14)22-20(25)16-13-24(15-8-3-2-4-9-15)23-19(16)17-10-6-12-26-17/h2-13H,1H3,(H,21,22,25). The van der Waals surface area contributed by atoms with Gasteiger partial charge in [-0.2, -0.15) is 5.10 Å². The molecule has 3 aromatic heterocycles. The molecule has 0 spiro atoms. The first-order valence-corrected chi connectivity index (χ1v) is 9.02. The van der Waals surface area contributed by atoms with Gasteiger partial charge in [0.05, 0.1) is 16.1 Å². The summed E-state index contributed by atoms with van der Waals surface area (Å²) in [6.45, 7) is 1.89. The van der Waals surface area contributed by atoms with E-state index in [0.29, 0.717) is 17.1 Å². The van der Waals surface area contributed by atoms with Crippen molar-refractivity contribution >= 4 is 23.1 Å². The smallest absolute Gasteiger partial charge is 0.260 e. The fourth-order valence-corrected chi connectivity index (χ4v) is 3.37. The largest absolute Gasteiger partial charge is 0.306 e. The molecule has 5 nitrogen and oxygen atoms in total. The Morgan fingerprint density at radius 1 is 1.04 bits per heavy atom. The lowest BCUT2D eigenvalue weighted by atomic mass is 10.2. The zero-order valence-corrected chi connectivity index (χ0v) is 14.9. The van der Waals surface area contributed by atoms with E-state index in [0.717, 1.165) is 16.3 Å². The number of rotatable bonds is 4. The van der Waals surface area contributed by atoms with Crippen LogP contribution in [0.1, 0.15) is 16.1 Å². The highest BCUT2D eigenvalue weighted by molar-refractivity contribution is 7.13. The molecule has 0 bridgehead atoms. The number of nitrogens with one attached hydrogen (secondary N) is 1. The second-order valence-electron chi connectivity index (χ2n) is 5.77. The lowest BCUT2D eigenvalue weighted by molar-refractivity contribution is 0.102. The van der Waals surface area contributed by atoms with Crippen molar-refractivity contribution in [3.05, 3.63) is 83.5 Å². The van der Waals surface area contributed by atoms with Crippen molar-refractivity contribution in [2.24, 2.45) is 0 Å². The maximum Gasteiger partial charge on any atom is 0.260 e. The van der Waals surface area contributed by atoms with Gasteiger partial charge in [0.2, 0.25) is 0 Å². The Balaban J connectivity index is 1.74. The van der Waals surface area contributed by atoms with Crippen LogP contribution in [0, 0.1) is 6.92 Å². The Labute approximate surface area is 155 Å². The van der Waals surface area contributed by atoms with Gasteiger partial charge in [0.15, 0.2) is 0 Å². The number of aromatic nitrogens is 3. The van der Waals surface area contributed by atoms with Gasteiger partial charge in [0.1, 0.15) is 11.5 Å². The van der Waals surface area contributed by atoms with E-state index in [1.165, 1.54) is 0 Å². The predicted octanol–water partition coefficient (Wildman–Crippen LogP) is 4.56. The van der Waals surface area contributed by atoms with E-state index in [2.05, 4.69) is 15.4 Å². The summed E-state index contributed by atoms with van der Waals surface area (Å²) in [4.78, 5) is 18.2. The number of amides is 1. The number of thiophene rings is 1. The number of hydrogen-bond donors (Lipinski definition) is 1. The van der Waals surface area contributed by atoms with E-state index in [1.807, 2.05) is 66.9 Å². The lowest BCUT2D eigenvalue weighted by Crippen LogP contribution is -2.13. The van der Waals surface area contributed by atoms with Crippen molar-refractivity contribution in [1.82, 2.24) is 14.8 Å². The highest BCUT2D eigenvalue weighted by Gasteiger charge is 2.19. The first-order valence-electron chi connectivity index (χ1n) is 8.15. The van der Waals surface area contributed by atoms with E-state index < -0.39 is 0 Å². The zero-order valence-electron chi connectivity index (χ0n) is 14.1. The number of pyridine rings is 1. The van der Waals surface area contributed by atoms with Gasteiger partial charge in [-0.15, -0.1) is 11.3 Å². The Morgan fingerprint density at radius 2 is 1.88 bits per heavy atom. The first-order chi connectivity index (χ1) is 12.7. The Hall–Kier alpha value is -3.25. The maximum atomic E-state index is 12.9. The van der Waals surface area contributed by atoms with Crippen LogP contribution in [-0.2, 0) is 0 Å². The number of para-hydroxylation sites is 1. The molecule has 1 aromatic carbocycles. The van der Waals surface area contributed by atoms with Crippen LogP contribution in [-0.4, -0.2) is 20.7 Å². The third kappa shape index (κ3) is 3.27. The monoisotopic (exact) mass is 360 g/mol. The molecule has 0 saturated heterocycles.